The van der Waals surface area contributed by atoms with Gasteiger partial charge in [-0.05, 0) is 196 Å². The number of anilines is 4. The number of ketones is 1. The normalized spacial score (nSPS) is 11.9. The van der Waals surface area contributed by atoms with Gasteiger partial charge in [-0.25, -0.2) is 44.3 Å². The first-order chi connectivity index (χ1) is 70.4. The van der Waals surface area contributed by atoms with Crippen LogP contribution in [0.25, 0.3) is 56.0 Å². The molecule has 0 atom stereocenters. The number of phenolic OH excluding ortho intramolecular Hbond substituents is 4. The maximum Gasteiger partial charge on any atom is 0.412 e. The molecule has 0 radical (unpaired) electrons. The number of rotatable bonds is 34. The Morgan fingerprint density at radius 3 is 1.29 bits per heavy atom. The first-order valence-electron chi connectivity index (χ1n) is 46.7. The van der Waals surface area contributed by atoms with Gasteiger partial charge in [-0.15, -0.1) is 20.4 Å². The van der Waals surface area contributed by atoms with Crippen molar-refractivity contribution in [3.05, 3.63) is 238 Å². The van der Waals surface area contributed by atoms with Crippen molar-refractivity contribution in [2.24, 2.45) is 15.7 Å². The van der Waals surface area contributed by atoms with Gasteiger partial charge in [-0.2, -0.15) is 9.98 Å². The number of carbonyl (C=O) groups is 8. The predicted octanol–water partition coefficient (Wildman–Crippen LogP) is 11.0. The molecule has 0 saturated carbocycles. The average Bonchev–Trinajstić information content (AvgIpc) is 1.49. The number of hydrogen-bond donors (Lipinski definition) is 14. The van der Waals surface area contributed by atoms with E-state index in [9.17, 15) is 63.2 Å². The number of nitrogens with zero attached hydrogens (tertiary/aromatic N) is 16. The highest BCUT2D eigenvalue weighted by Crippen LogP contribution is 2.43. The second-order valence-corrected chi connectivity index (χ2v) is 32.9. The number of carbonyl (C=O) groups excluding carboxylic acids is 7. The summed E-state index contributed by atoms with van der Waals surface area (Å²) in [6.07, 6.45) is 7.24. The lowest BCUT2D eigenvalue weighted by Crippen LogP contribution is -2.28. The molecular weight excluding hydrogens is 1870 g/mol. The fraction of sp³-hybridized carbons (Fsp3) is 0.280. The highest BCUT2D eigenvalue weighted by atomic mass is 19.1. The molecule has 0 saturated heterocycles. The van der Waals surface area contributed by atoms with E-state index >= 15 is 0 Å². The molecule has 2 aliphatic heterocycles. The lowest BCUT2D eigenvalue weighted by Gasteiger charge is -2.15. The summed E-state index contributed by atoms with van der Waals surface area (Å²) in [5.74, 6) is 0.516. The van der Waals surface area contributed by atoms with Gasteiger partial charge < -0.3 is 103 Å². The van der Waals surface area contributed by atoms with Crippen LogP contribution < -0.4 is 88.8 Å². The number of carboxylic acid groups (broad SMARTS) is 1. The number of nitrogen functional groups attached to an aromatic ring is 2. The van der Waals surface area contributed by atoms with E-state index in [0.29, 0.717) is 158 Å². The number of ether oxygens (including phenoxy) is 6. The number of hydrogen-bond acceptors (Lipinski definition) is 33. The second kappa shape index (κ2) is 48.7. The highest BCUT2D eigenvalue weighted by molar-refractivity contribution is 6.00. The van der Waals surface area contributed by atoms with E-state index in [-0.39, 0.29) is 134 Å². The molecule has 2 aliphatic rings. The Balaban J connectivity index is 0.000000200. The number of benzene rings is 8. The summed E-state index contributed by atoms with van der Waals surface area (Å²) in [5, 5.41) is 86.6. The van der Waals surface area contributed by atoms with Crippen LogP contribution in [0, 0.1) is 0 Å². The Morgan fingerprint density at radius 1 is 0.510 bits per heavy atom. The van der Waals surface area contributed by atoms with Crippen LogP contribution in [0.1, 0.15) is 165 Å². The van der Waals surface area contributed by atoms with Crippen molar-refractivity contribution in [3.63, 3.8) is 0 Å². The van der Waals surface area contributed by atoms with Crippen molar-refractivity contribution in [1.29, 1.82) is 0 Å². The maximum absolute atomic E-state index is 13.3. The minimum absolute atomic E-state index is 0.00876. The molecule has 14 aromatic rings. The monoisotopic (exact) mass is 1980 g/mol. The zero-order valence-electron chi connectivity index (χ0n) is 81.3. The van der Waals surface area contributed by atoms with Crippen molar-refractivity contribution in [3.8, 4) is 91.6 Å². The maximum atomic E-state index is 13.3. The summed E-state index contributed by atoms with van der Waals surface area (Å²) in [6, 6.07) is 39.9. The van der Waals surface area contributed by atoms with Crippen LogP contribution in [0.3, 0.4) is 0 Å². The van der Waals surface area contributed by atoms with E-state index in [0.717, 1.165) is 40.0 Å². The van der Waals surface area contributed by atoms with Crippen LogP contribution in [0.4, 0.5) is 37.5 Å². The number of halogens is 1. The first kappa shape index (κ1) is 103. The second-order valence-electron chi connectivity index (χ2n) is 32.9. The minimum Gasteiger partial charge on any atom is -0.508 e. The van der Waals surface area contributed by atoms with Crippen molar-refractivity contribution >= 4 is 92.9 Å². The third-order valence-electron chi connectivity index (χ3n) is 22.6. The zero-order valence-corrected chi connectivity index (χ0v) is 80.3. The molecule has 0 spiro atoms. The minimum atomic E-state index is -1.08. The van der Waals surface area contributed by atoms with Crippen LogP contribution in [0.2, 0.25) is 0 Å². The number of alkyl halides is 1. The van der Waals surface area contributed by atoms with Gasteiger partial charge in [-0.1, -0.05) is 52.0 Å². The van der Waals surface area contributed by atoms with E-state index in [2.05, 4.69) is 87.2 Å². The van der Waals surface area contributed by atoms with E-state index in [4.69, 9.17) is 57.1 Å². The zero-order chi connectivity index (χ0) is 104. The van der Waals surface area contributed by atoms with Crippen molar-refractivity contribution in [1.82, 2.24) is 89.8 Å². The van der Waals surface area contributed by atoms with E-state index in [1.54, 1.807) is 86.6 Å². The molecule has 45 heteroatoms. The summed E-state index contributed by atoms with van der Waals surface area (Å²) in [6.45, 7) is 16.0. The smallest absolute Gasteiger partial charge is 0.412 e. The quantitative estimate of drug-likeness (QED) is 0.0132. The van der Waals surface area contributed by atoms with Crippen LogP contribution in [0.5, 0.6) is 57.5 Å². The molecule has 8 heterocycles. The number of aromatic carboxylic acids is 1. The average molecular weight is 1980 g/mol. The Hall–Kier alpha value is -18.1. The topological polar surface area (TPSA) is 617 Å². The molecule has 8 aromatic carbocycles. The highest BCUT2D eigenvalue weighted by Gasteiger charge is 2.30. The van der Waals surface area contributed by atoms with Gasteiger partial charge in [0.25, 0.3) is 23.6 Å². The Morgan fingerprint density at radius 2 is 0.910 bits per heavy atom. The summed E-state index contributed by atoms with van der Waals surface area (Å²) >= 11 is 0. The molecule has 754 valence electrons. The van der Waals surface area contributed by atoms with Crippen LogP contribution >= 0.6 is 0 Å². The van der Waals surface area contributed by atoms with Crippen LogP contribution in [-0.2, 0) is 25.9 Å². The molecule has 6 amide bonds. The van der Waals surface area contributed by atoms with Crippen molar-refractivity contribution in [2.75, 3.05) is 103 Å². The molecule has 0 fully saturated rings. The molecular formula is C100H108FN25O19. The third kappa shape index (κ3) is 25.2. The van der Waals surface area contributed by atoms with Crippen molar-refractivity contribution in [2.45, 2.75) is 105 Å². The molecule has 44 nitrogen and oxygen atoms in total. The number of methoxy groups -OCH3 is 2. The third-order valence-corrected chi connectivity index (χ3v) is 22.6. The van der Waals surface area contributed by atoms with E-state index in [1.165, 1.54) is 84.5 Å². The summed E-state index contributed by atoms with van der Waals surface area (Å²) in [7, 11) is 2.02. The van der Waals surface area contributed by atoms with Gasteiger partial charge in [0, 0.05) is 123 Å². The summed E-state index contributed by atoms with van der Waals surface area (Å²) < 4.78 is 56.3. The number of aryl methyl sites for hydroxylation is 1. The lowest BCUT2D eigenvalue weighted by molar-refractivity contribution is 0.0695. The van der Waals surface area contributed by atoms with Gasteiger partial charge in [0.2, 0.25) is 34.8 Å². The number of phenols is 4. The molecule has 17 N–H and O–H groups in total. The fourth-order valence-corrected chi connectivity index (χ4v) is 15.5. The van der Waals surface area contributed by atoms with E-state index in [1.807, 2.05) is 73.2 Å². The molecule has 0 unspecified atom stereocenters. The molecule has 0 aliphatic carbocycles. The van der Waals surface area contributed by atoms with Gasteiger partial charge in [0.1, 0.15) is 57.2 Å². The molecule has 6 aromatic heterocycles. The number of carboxylic acids is 1. The number of fused-ring (bicyclic) bond motifs is 6. The SMILES string of the molecule is CCNC(=O)c1nnc(-c2cc(C(C)C)c(O)cc2O)n1-c1ccc(C(=O)CCCc2ccc(OC(=O)NCCCOc3ccc4c5n(c(=NC(=O)c6cnc(N)nc6)nc4c3OC)CCN5)cc2)cc1.CCNC(=O)c1nnc(-c2cc(C(C)C)c(O)cc2O)n1-c1ccc(C(=O)O)cc1.COc1c(OCCCNC(=O)Oc2ccc(CCN)cc2)ccc2c3n(c(=NC(=O)c4cnc(N)nc4)nc12)CCN3.[2H]CF. The fourth-order valence-electron chi connectivity index (χ4n) is 15.5. The van der Waals surface area contributed by atoms with Crippen LogP contribution in [0.15, 0.2) is 180 Å². The lowest BCUT2D eigenvalue weighted by atomic mass is 9.98. The van der Waals surface area contributed by atoms with Gasteiger partial charge in [-0.3, -0.25) is 46.6 Å². The Kier molecular flexibility index (Phi) is 34.5. The first-order valence-corrected chi connectivity index (χ1v) is 46.0. The number of nitrogens with one attached hydrogen (secondary N) is 6. The summed E-state index contributed by atoms with van der Waals surface area (Å²) in [4.78, 5) is 134. The number of aromatic nitrogens is 14. The molecule has 0 bridgehead atoms. The van der Waals surface area contributed by atoms with E-state index < -0.39 is 48.9 Å². The van der Waals surface area contributed by atoms with Crippen LogP contribution in [-0.4, -0.2) is 222 Å². The molecule has 16 rings (SSSR count). The van der Waals surface area contributed by atoms with Gasteiger partial charge in [0.15, 0.2) is 40.4 Å². The Labute approximate surface area is 829 Å². The number of nitrogens with two attached hydrogens (primary N) is 3. The van der Waals surface area contributed by atoms with Crippen molar-refractivity contribution < 1.29 is 98.1 Å². The Bertz CT molecular complexity index is 7250. The number of Topliss-reactive ketones (excluding diaryl/α,β-unsaturated/α-hetero) is 1. The largest absolute Gasteiger partial charge is 0.508 e. The van der Waals surface area contributed by atoms with Gasteiger partial charge in [0.05, 0.1) is 63.8 Å². The predicted molar refractivity (Wildman–Crippen MR) is 532 cm³/mol. The number of amides is 6. The summed E-state index contributed by atoms with van der Waals surface area (Å²) in [5.41, 5.74) is 23.6. The molecule has 145 heavy (non-hydrogen) atoms. The number of aromatic hydroxyl groups is 4. The van der Waals surface area contributed by atoms with Gasteiger partial charge >= 0.3 is 18.2 Å². The standard InChI is InChI=1S/C50H52N12O9.C28H31N9O5.C21H22N4O5.CH3F/c1-5-52-47(67)45-60-59-44(36-24-35(28(2)3)38(64)25-39(36)65)62(45)32-14-12-30(13-15-32)37(63)9-6-8-29-10-16-33(17-11-29)71-50(68)54-20-7-23-70-40-19-18-34-41(42(40)69-4)57-49(61-22-21-53-43(34)61)58-46(66)31-26-55-48(51)56-27-31;1-40-23-21(41-14-2-11-32-28(39)42-19-5-3-17(4-6-19)9-10-29)8-7-20-22(23)35-27(37-13-12-31-24(20)37)36-25(38)18-15-33-26(30)34-16-18;1-4-22-20(28)19-24-23-18(15-9-14(11(2)3)16(26)10-17(15)27)25(19)13-7-5-12(6-8-13)21(29)30;1-2/h10-19,24-28,53,64-65H,5-9,20-23H2,1-4H3,(H,52,67)(H,54,68)(H2,51,55,56);3-8,15-16,31H,2,9-14,29H2,1H3,(H,32,39)(H2,30,33,34);5-11,26-27H,4H2,1-3H3,(H,22,28)(H,29,30);1H3/i;;;1D.